The van der Waals surface area contributed by atoms with Crippen molar-refractivity contribution >= 4 is 6.03 Å². The van der Waals surface area contributed by atoms with E-state index in [0.717, 1.165) is 30.6 Å². The van der Waals surface area contributed by atoms with E-state index < -0.39 is 0 Å². The lowest BCUT2D eigenvalue weighted by molar-refractivity contribution is 0.167. The second-order valence-corrected chi connectivity index (χ2v) is 7.29. The lowest BCUT2D eigenvalue weighted by Gasteiger charge is -2.29. The first-order valence-electron chi connectivity index (χ1n) is 9.38. The average molecular weight is 338 g/mol. The molecule has 0 radical (unpaired) electrons. The molecule has 2 fully saturated rings. The number of aromatic nitrogens is 2. The maximum Gasteiger partial charge on any atom is 0.317 e. The second-order valence-electron chi connectivity index (χ2n) is 7.29. The zero-order valence-corrected chi connectivity index (χ0v) is 14.8. The largest absolute Gasteiger partial charge is 0.338 e. The van der Waals surface area contributed by atoms with Gasteiger partial charge in [0, 0.05) is 31.2 Å². The Bertz CT molecular complexity index is 718. The molecular weight excluding hydrogens is 312 g/mol. The van der Waals surface area contributed by atoms with E-state index >= 15 is 0 Å². The highest BCUT2D eigenvalue weighted by molar-refractivity contribution is 5.75. The lowest BCUT2D eigenvalue weighted by atomic mass is 10.2. The van der Waals surface area contributed by atoms with E-state index in [2.05, 4.69) is 22.2 Å². The molecule has 4 rings (SSSR count). The van der Waals surface area contributed by atoms with Gasteiger partial charge in [-0.05, 0) is 56.7 Å². The van der Waals surface area contributed by atoms with Crippen LogP contribution in [0.1, 0.15) is 38.3 Å². The zero-order valence-electron chi connectivity index (χ0n) is 14.8. The van der Waals surface area contributed by atoms with Gasteiger partial charge < -0.3 is 10.2 Å². The molecule has 2 saturated carbocycles. The number of hydrogen-bond donors (Lipinski definition) is 1. The van der Waals surface area contributed by atoms with E-state index in [1.807, 2.05) is 47.3 Å². The Balaban J connectivity index is 1.30. The van der Waals surface area contributed by atoms with Gasteiger partial charge in [-0.15, -0.1) is 0 Å². The molecule has 1 aromatic carbocycles. The van der Waals surface area contributed by atoms with E-state index in [0.29, 0.717) is 24.5 Å². The summed E-state index contributed by atoms with van der Waals surface area (Å²) in [5, 5.41) is 7.70. The zero-order chi connectivity index (χ0) is 17.2. The Labute approximate surface area is 149 Å². The van der Waals surface area contributed by atoms with Crippen LogP contribution in [-0.2, 0) is 6.42 Å². The highest BCUT2D eigenvalue weighted by Crippen LogP contribution is 2.39. The van der Waals surface area contributed by atoms with Gasteiger partial charge >= 0.3 is 6.03 Å². The van der Waals surface area contributed by atoms with Crippen molar-refractivity contribution in [3.05, 3.63) is 48.3 Å². The van der Waals surface area contributed by atoms with E-state index in [1.165, 1.54) is 12.8 Å². The molecule has 1 heterocycles. The molecule has 5 heteroatoms. The number of para-hydroxylation sites is 1. The number of hydrogen-bond acceptors (Lipinski definition) is 2. The third-order valence-corrected chi connectivity index (χ3v) is 5.24. The molecule has 1 aromatic heterocycles. The summed E-state index contributed by atoms with van der Waals surface area (Å²) in [5.74, 6) is 0.716. The summed E-state index contributed by atoms with van der Waals surface area (Å²) in [4.78, 5) is 14.7. The van der Waals surface area contributed by atoms with Crippen LogP contribution < -0.4 is 5.32 Å². The summed E-state index contributed by atoms with van der Waals surface area (Å²) in [6.07, 6.45) is 7.58. The number of nitrogens with zero attached hydrogens (tertiary/aromatic N) is 3. The Hall–Kier alpha value is -2.30. The number of nitrogens with one attached hydrogen (secondary N) is 1. The first kappa shape index (κ1) is 16.2. The third kappa shape index (κ3) is 3.86. The topological polar surface area (TPSA) is 50.2 Å². The highest BCUT2D eigenvalue weighted by Gasteiger charge is 2.41. The predicted molar refractivity (Wildman–Crippen MR) is 97.7 cm³/mol. The number of benzene rings is 1. The van der Waals surface area contributed by atoms with E-state index in [4.69, 9.17) is 0 Å². The fourth-order valence-electron chi connectivity index (χ4n) is 3.45. The molecule has 0 unspecified atom stereocenters. The smallest absolute Gasteiger partial charge is 0.317 e. The number of amides is 2. The fourth-order valence-corrected chi connectivity index (χ4v) is 3.45. The molecule has 0 aliphatic heterocycles. The molecule has 2 amide bonds. The van der Waals surface area contributed by atoms with Crippen LogP contribution in [0.4, 0.5) is 4.79 Å². The minimum atomic E-state index is 0.101. The average Bonchev–Trinajstić information content (AvgIpc) is 3.55. The van der Waals surface area contributed by atoms with Crippen LogP contribution in [0, 0.1) is 5.92 Å². The molecule has 0 saturated heterocycles. The van der Waals surface area contributed by atoms with Gasteiger partial charge in [-0.2, -0.15) is 5.10 Å². The number of rotatable bonds is 7. The Morgan fingerprint density at radius 1 is 1.24 bits per heavy atom. The maximum absolute atomic E-state index is 12.6. The van der Waals surface area contributed by atoms with Gasteiger partial charge in [0.1, 0.15) is 0 Å². The molecule has 25 heavy (non-hydrogen) atoms. The normalized spacial score (nSPS) is 18.0. The first-order chi connectivity index (χ1) is 12.2. The van der Waals surface area contributed by atoms with Gasteiger partial charge in [0.15, 0.2) is 0 Å². The van der Waals surface area contributed by atoms with Crippen molar-refractivity contribution < 1.29 is 4.79 Å². The minimum absolute atomic E-state index is 0.101. The summed E-state index contributed by atoms with van der Waals surface area (Å²) >= 11 is 0. The van der Waals surface area contributed by atoms with Gasteiger partial charge in [-0.25, -0.2) is 9.48 Å². The predicted octanol–water partition coefficient (Wildman–Crippen LogP) is 3.39. The Kier molecular flexibility index (Phi) is 4.47. The molecule has 0 spiro atoms. The van der Waals surface area contributed by atoms with Gasteiger partial charge in [-0.3, -0.25) is 0 Å². The molecular formula is C20H26N4O. The van der Waals surface area contributed by atoms with Crippen LogP contribution in [0.3, 0.4) is 0 Å². The molecule has 1 N–H and O–H groups in total. The van der Waals surface area contributed by atoms with Crippen LogP contribution in [-0.4, -0.2) is 39.3 Å². The monoisotopic (exact) mass is 338 g/mol. The first-order valence-corrected chi connectivity index (χ1v) is 9.38. The van der Waals surface area contributed by atoms with E-state index in [9.17, 15) is 4.79 Å². The van der Waals surface area contributed by atoms with Crippen LogP contribution in [0.15, 0.2) is 42.6 Å². The molecule has 5 nitrogen and oxygen atoms in total. The van der Waals surface area contributed by atoms with Crippen LogP contribution in [0.2, 0.25) is 0 Å². The van der Waals surface area contributed by atoms with Crippen LogP contribution in [0.5, 0.6) is 0 Å². The molecule has 2 aromatic rings. The SMILES string of the molecule is C[C@@H](C1CC1)N(C(=O)NCCc1ccn(-c2ccccc2)n1)C1CC1. The second kappa shape index (κ2) is 6.90. The van der Waals surface area contributed by atoms with Crippen LogP contribution in [0.25, 0.3) is 5.69 Å². The van der Waals surface area contributed by atoms with Gasteiger partial charge in [-0.1, -0.05) is 18.2 Å². The molecule has 0 bridgehead atoms. The van der Waals surface area contributed by atoms with Gasteiger partial charge in [0.2, 0.25) is 0 Å². The van der Waals surface area contributed by atoms with E-state index in [-0.39, 0.29) is 6.03 Å². The molecule has 132 valence electrons. The summed E-state index contributed by atoms with van der Waals surface area (Å²) in [6, 6.07) is 13.0. The quantitative estimate of drug-likeness (QED) is 0.841. The number of urea groups is 1. The van der Waals surface area contributed by atoms with Crippen molar-refractivity contribution in [3.8, 4) is 5.69 Å². The van der Waals surface area contributed by atoms with Crippen molar-refractivity contribution in [3.63, 3.8) is 0 Å². The van der Waals surface area contributed by atoms with Gasteiger partial charge in [0.05, 0.1) is 11.4 Å². The summed E-state index contributed by atoms with van der Waals surface area (Å²) in [5.41, 5.74) is 2.05. The van der Waals surface area contributed by atoms with Crippen LogP contribution >= 0.6 is 0 Å². The van der Waals surface area contributed by atoms with Crippen molar-refractivity contribution in [1.29, 1.82) is 0 Å². The van der Waals surface area contributed by atoms with Crippen molar-refractivity contribution in [2.45, 2.75) is 51.1 Å². The maximum atomic E-state index is 12.6. The number of carbonyl (C=O) groups excluding carboxylic acids is 1. The summed E-state index contributed by atoms with van der Waals surface area (Å²) < 4.78 is 1.88. The lowest BCUT2D eigenvalue weighted by Crippen LogP contribution is -2.47. The van der Waals surface area contributed by atoms with Crippen molar-refractivity contribution in [2.75, 3.05) is 6.54 Å². The summed E-state index contributed by atoms with van der Waals surface area (Å²) in [6.45, 7) is 2.84. The Morgan fingerprint density at radius 2 is 2.00 bits per heavy atom. The van der Waals surface area contributed by atoms with Crippen molar-refractivity contribution in [1.82, 2.24) is 20.0 Å². The number of carbonyl (C=O) groups is 1. The highest BCUT2D eigenvalue weighted by atomic mass is 16.2. The minimum Gasteiger partial charge on any atom is -0.338 e. The molecule has 2 aliphatic rings. The summed E-state index contributed by atoms with van der Waals surface area (Å²) in [7, 11) is 0. The molecule has 1 atom stereocenters. The third-order valence-electron chi connectivity index (χ3n) is 5.24. The van der Waals surface area contributed by atoms with Crippen molar-refractivity contribution in [2.24, 2.45) is 5.92 Å². The standard InChI is InChI=1S/C20H26N4O/c1-15(16-7-8-16)24(19-9-10-19)20(25)21-13-11-17-12-14-23(22-17)18-5-3-2-4-6-18/h2-6,12,14-16,19H,7-11,13H2,1H3,(H,21,25)/t15-/m0/s1. The molecule has 2 aliphatic carbocycles. The Morgan fingerprint density at radius 3 is 2.68 bits per heavy atom. The fraction of sp³-hybridized carbons (Fsp3) is 0.500. The van der Waals surface area contributed by atoms with Gasteiger partial charge in [0.25, 0.3) is 0 Å². The van der Waals surface area contributed by atoms with E-state index in [1.54, 1.807) is 0 Å².